The van der Waals surface area contributed by atoms with Crippen molar-refractivity contribution >= 4 is 28.2 Å². The number of morpholine rings is 1. The van der Waals surface area contributed by atoms with Crippen LogP contribution in [0.1, 0.15) is 13.8 Å². The average Bonchev–Trinajstić information content (AvgIpc) is 3.14. The van der Waals surface area contributed by atoms with E-state index in [1.165, 1.54) is 5.69 Å². The van der Waals surface area contributed by atoms with Crippen LogP contribution in [0.4, 0.5) is 17.2 Å². The Morgan fingerprint density at radius 1 is 1.00 bits per heavy atom. The molecule has 0 radical (unpaired) electrons. The zero-order valence-corrected chi connectivity index (χ0v) is 18.1. The summed E-state index contributed by atoms with van der Waals surface area (Å²) >= 11 is 0. The Labute approximate surface area is 182 Å². The fourth-order valence-electron chi connectivity index (χ4n) is 4.29. The van der Waals surface area contributed by atoms with Gasteiger partial charge in [0.1, 0.15) is 5.82 Å². The Morgan fingerprint density at radius 2 is 1.84 bits per heavy atom. The van der Waals surface area contributed by atoms with Gasteiger partial charge in [-0.15, -0.1) is 0 Å². The number of anilines is 3. The van der Waals surface area contributed by atoms with Crippen LogP contribution in [0.3, 0.4) is 0 Å². The number of aromatic nitrogens is 3. The van der Waals surface area contributed by atoms with E-state index in [4.69, 9.17) is 9.72 Å². The van der Waals surface area contributed by atoms with Crippen LogP contribution in [0.5, 0.6) is 0 Å². The minimum atomic E-state index is 0.230. The van der Waals surface area contributed by atoms with E-state index in [9.17, 15) is 0 Å². The van der Waals surface area contributed by atoms with Crippen LogP contribution in [-0.4, -0.2) is 39.8 Å². The van der Waals surface area contributed by atoms with Crippen LogP contribution in [0.25, 0.3) is 22.3 Å². The second-order valence-electron chi connectivity index (χ2n) is 8.29. The largest absolute Gasteiger partial charge is 0.372 e. The molecular weight excluding hydrogens is 386 g/mol. The van der Waals surface area contributed by atoms with Crippen molar-refractivity contribution in [2.24, 2.45) is 7.05 Å². The lowest BCUT2D eigenvalue weighted by molar-refractivity contribution is -0.00521. The van der Waals surface area contributed by atoms with Crippen molar-refractivity contribution < 1.29 is 4.74 Å². The SMILES string of the molecule is C[C@@H]1CN(c2cccc(Nc3cc(-c4ccc5c(ccn5C)n4)ccn3)c2)C[C@H](C)O1. The molecular formula is C25H27N5O. The Kier molecular flexibility index (Phi) is 5.08. The summed E-state index contributed by atoms with van der Waals surface area (Å²) in [5.74, 6) is 0.799. The number of hydrogen-bond acceptors (Lipinski definition) is 5. The summed E-state index contributed by atoms with van der Waals surface area (Å²) in [5.41, 5.74) is 6.30. The predicted molar refractivity (Wildman–Crippen MR) is 126 cm³/mol. The van der Waals surface area contributed by atoms with Gasteiger partial charge >= 0.3 is 0 Å². The van der Waals surface area contributed by atoms with Gasteiger partial charge in [-0.05, 0) is 62.4 Å². The predicted octanol–water partition coefficient (Wildman–Crippen LogP) is 4.99. The summed E-state index contributed by atoms with van der Waals surface area (Å²) in [6, 6.07) is 18.7. The van der Waals surface area contributed by atoms with E-state index in [-0.39, 0.29) is 12.2 Å². The third kappa shape index (κ3) is 4.11. The first-order valence-electron chi connectivity index (χ1n) is 10.7. The van der Waals surface area contributed by atoms with Crippen molar-refractivity contribution in [3.8, 4) is 11.3 Å². The highest BCUT2D eigenvalue weighted by Gasteiger charge is 2.22. The normalized spacial score (nSPS) is 19.0. The van der Waals surface area contributed by atoms with Gasteiger partial charge in [0.2, 0.25) is 0 Å². The molecule has 1 saturated heterocycles. The molecule has 158 valence electrons. The van der Waals surface area contributed by atoms with Gasteiger partial charge in [0.25, 0.3) is 0 Å². The summed E-state index contributed by atoms with van der Waals surface area (Å²) in [7, 11) is 2.03. The van der Waals surface area contributed by atoms with Gasteiger partial charge in [0, 0.05) is 49.5 Å². The van der Waals surface area contributed by atoms with Gasteiger partial charge < -0.3 is 19.5 Å². The molecule has 6 heteroatoms. The molecule has 0 aliphatic carbocycles. The molecule has 3 aromatic heterocycles. The first-order valence-corrected chi connectivity index (χ1v) is 10.7. The molecule has 0 bridgehead atoms. The van der Waals surface area contributed by atoms with Gasteiger partial charge in [0.15, 0.2) is 0 Å². The Morgan fingerprint density at radius 3 is 2.68 bits per heavy atom. The zero-order chi connectivity index (χ0) is 21.4. The number of rotatable bonds is 4. The van der Waals surface area contributed by atoms with Crippen molar-refractivity contribution in [3.63, 3.8) is 0 Å². The fraction of sp³-hybridized carbons (Fsp3) is 0.280. The molecule has 1 fully saturated rings. The molecule has 0 saturated carbocycles. The summed E-state index contributed by atoms with van der Waals surface area (Å²) in [5, 5.41) is 3.46. The highest BCUT2D eigenvalue weighted by Crippen LogP contribution is 2.27. The maximum absolute atomic E-state index is 5.87. The number of nitrogens with zero attached hydrogens (tertiary/aromatic N) is 4. The van der Waals surface area contributed by atoms with Crippen LogP contribution < -0.4 is 10.2 Å². The van der Waals surface area contributed by atoms with Gasteiger partial charge in [-0.2, -0.15) is 0 Å². The van der Waals surface area contributed by atoms with Crippen molar-refractivity contribution in [3.05, 3.63) is 67.0 Å². The van der Waals surface area contributed by atoms with Crippen molar-refractivity contribution in [1.82, 2.24) is 14.5 Å². The molecule has 1 aromatic carbocycles. The molecule has 5 rings (SSSR count). The molecule has 1 aliphatic rings. The van der Waals surface area contributed by atoms with Crippen LogP contribution in [0.2, 0.25) is 0 Å². The molecule has 0 spiro atoms. The van der Waals surface area contributed by atoms with Crippen LogP contribution >= 0.6 is 0 Å². The molecule has 0 amide bonds. The van der Waals surface area contributed by atoms with Crippen molar-refractivity contribution in [2.45, 2.75) is 26.1 Å². The van der Waals surface area contributed by atoms with Gasteiger partial charge in [-0.3, -0.25) is 0 Å². The third-order valence-corrected chi connectivity index (χ3v) is 5.70. The Balaban J connectivity index is 1.38. The van der Waals surface area contributed by atoms with E-state index in [0.29, 0.717) is 0 Å². The van der Waals surface area contributed by atoms with E-state index in [0.717, 1.165) is 46.9 Å². The smallest absolute Gasteiger partial charge is 0.130 e. The monoisotopic (exact) mass is 413 g/mol. The quantitative estimate of drug-likeness (QED) is 0.511. The zero-order valence-electron chi connectivity index (χ0n) is 18.1. The Bertz CT molecular complexity index is 1210. The molecule has 2 atom stereocenters. The Hall–Kier alpha value is -3.38. The topological polar surface area (TPSA) is 55.2 Å². The number of ether oxygens (including phenoxy) is 1. The number of aryl methyl sites for hydroxylation is 1. The average molecular weight is 414 g/mol. The molecule has 4 heterocycles. The van der Waals surface area contributed by atoms with Crippen LogP contribution in [0, 0.1) is 0 Å². The van der Waals surface area contributed by atoms with E-state index < -0.39 is 0 Å². The maximum Gasteiger partial charge on any atom is 0.130 e. The first-order chi connectivity index (χ1) is 15.0. The van der Waals surface area contributed by atoms with Crippen molar-refractivity contribution in [1.29, 1.82) is 0 Å². The minimum Gasteiger partial charge on any atom is -0.372 e. The van der Waals surface area contributed by atoms with E-state index in [1.807, 2.05) is 37.6 Å². The summed E-state index contributed by atoms with van der Waals surface area (Å²) in [6.07, 6.45) is 4.31. The number of fused-ring (bicyclic) bond motifs is 1. The lowest BCUT2D eigenvalue weighted by Crippen LogP contribution is -2.45. The summed E-state index contributed by atoms with van der Waals surface area (Å²) in [4.78, 5) is 11.7. The van der Waals surface area contributed by atoms with E-state index >= 15 is 0 Å². The van der Waals surface area contributed by atoms with Gasteiger partial charge in [-0.25, -0.2) is 9.97 Å². The highest BCUT2D eigenvalue weighted by molar-refractivity contribution is 5.80. The van der Waals surface area contributed by atoms with Gasteiger partial charge in [0.05, 0.1) is 28.9 Å². The second-order valence-corrected chi connectivity index (χ2v) is 8.29. The van der Waals surface area contributed by atoms with Crippen LogP contribution in [0.15, 0.2) is 67.0 Å². The number of hydrogen-bond donors (Lipinski definition) is 1. The number of nitrogens with one attached hydrogen (secondary N) is 1. The highest BCUT2D eigenvalue weighted by atomic mass is 16.5. The molecule has 6 nitrogen and oxygen atoms in total. The standard InChI is InChI=1S/C25H27N5O/c1-17-15-30(16-18(2)31-17)21-6-4-5-20(14-21)27-25-13-19(9-11-26-25)22-7-8-24-23(28-22)10-12-29(24)3/h4-14,17-18H,15-16H2,1-3H3,(H,26,27)/t17-,18+. The van der Waals surface area contributed by atoms with Crippen molar-refractivity contribution in [2.75, 3.05) is 23.3 Å². The van der Waals surface area contributed by atoms with E-state index in [1.54, 1.807) is 0 Å². The number of benzene rings is 1. The molecule has 0 unspecified atom stereocenters. The molecule has 31 heavy (non-hydrogen) atoms. The van der Waals surface area contributed by atoms with Gasteiger partial charge in [-0.1, -0.05) is 6.07 Å². The molecule has 1 aliphatic heterocycles. The number of pyridine rings is 2. The maximum atomic E-state index is 5.87. The molecule has 4 aromatic rings. The minimum absolute atomic E-state index is 0.230. The summed E-state index contributed by atoms with van der Waals surface area (Å²) < 4.78 is 7.95. The van der Waals surface area contributed by atoms with E-state index in [2.05, 4.69) is 70.0 Å². The lowest BCUT2D eigenvalue weighted by atomic mass is 10.1. The molecule has 1 N–H and O–H groups in total. The lowest BCUT2D eigenvalue weighted by Gasteiger charge is -2.37. The van der Waals surface area contributed by atoms with Crippen LogP contribution in [-0.2, 0) is 11.8 Å². The first kappa shape index (κ1) is 19.6. The third-order valence-electron chi connectivity index (χ3n) is 5.70. The second kappa shape index (κ2) is 8.04. The summed E-state index contributed by atoms with van der Waals surface area (Å²) in [6.45, 7) is 6.05. The fourth-order valence-corrected chi connectivity index (χ4v) is 4.29.